The summed E-state index contributed by atoms with van der Waals surface area (Å²) in [5, 5.41) is 14.6. The van der Waals surface area contributed by atoms with Crippen LogP contribution in [0.25, 0.3) is 11.1 Å². The number of carbonyl (C=O) groups is 2. The molecule has 0 bridgehead atoms. The van der Waals surface area contributed by atoms with E-state index in [0.717, 1.165) is 17.4 Å². The Bertz CT molecular complexity index is 1000. The number of halogens is 3. The standard InChI is InChI=1S/C18H10ClFINO3S/c19-10-3-1-9(2-4-10)13-8-26-17(15(13)18(24)25)22-16(23)12-7-11(20)5-6-14(12)21/h1-8H,(H,22,23)(H,24,25). The van der Waals surface area contributed by atoms with Gasteiger partial charge >= 0.3 is 5.97 Å². The number of benzene rings is 2. The quantitative estimate of drug-likeness (QED) is 0.447. The molecule has 0 radical (unpaired) electrons. The molecule has 26 heavy (non-hydrogen) atoms. The zero-order valence-electron chi connectivity index (χ0n) is 12.9. The fraction of sp³-hybridized carbons (Fsp3) is 0. The van der Waals surface area contributed by atoms with Crippen molar-refractivity contribution in [2.45, 2.75) is 0 Å². The van der Waals surface area contributed by atoms with Gasteiger partial charge in [0.05, 0.1) is 5.56 Å². The minimum absolute atomic E-state index is 0.0166. The van der Waals surface area contributed by atoms with Gasteiger partial charge in [0.1, 0.15) is 16.4 Å². The Morgan fingerprint density at radius 1 is 1.15 bits per heavy atom. The second kappa shape index (κ2) is 7.73. The van der Waals surface area contributed by atoms with Crippen molar-refractivity contribution >= 4 is 62.4 Å². The van der Waals surface area contributed by atoms with Crippen molar-refractivity contribution in [2.24, 2.45) is 0 Å². The van der Waals surface area contributed by atoms with E-state index in [1.807, 2.05) is 22.6 Å². The highest BCUT2D eigenvalue weighted by atomic mass is 127. The molecule has 0 atom stereocenters. The predicted octanol–water partition coefficient (Wildman–Crippen LogP) is 5.76. The molecule has 1 aromatic heterocycles. The van der Waals surface area contributed by atoms with Gasteiger partial charge in [0, 0.05) is 19.5 Å². The first kappa shape index (κ1) is 18.8. The smallest absolute Gasteiger partial charge is 0.339 e. The third-order valence-corrected chi connectivity index (χ3v) is 5.65. The highest BCUT2D eigenvalue weighted by Crippen LogP contribution is 2.36. The van der Waals surface area contributed by atoms with Crippen LogP contribution in [0.4, 0.5) is 9.39 Å². The van der Waals surface area contributed by atoms with Crippen LogP contribution in [-0.2, 0) is 0 Å². The van der Waals surface area contributed by atoms with Gasteiger partial charge in [-0.25, -0.2) is 9.18 Å². The van der Waals surface area contributed by atoms with Gasteiger partial charge < -0.3 is 10.4 Å². The molecule has 2 aromatic carbocycles. The van der Waals surface area contributed by atoms with Crippen molar-refractivity contribution in [3.05, 3.63) is 73.4 Å². The van der Waals surface area contributed by atoms with Crippen LogP contribution in [-0.4, -0.2) is 17.0 Å². The Kier molecular flexibility index (Phi) is 5.59. The van der Waals surface area contributed by atoms with E-state index in [0.29, 0.717) is 19.7 Å². The van der Waals surface area contributed by atoms with Crippen LogP contribution in [0, 0.1) is 9.39 Å². The molecule has 0 aliphatic rings. The van der Waals surface area contributed by atoms with E-state index in [9.17, 15) is 19.1 Å². The SMILES string of the molecule is O=C(Nc1scc(-c2ccc(Cl)cc2)c1C(=O)O)c1cc(F)ccc1I. The van der Waals surface area contributed by atoms with Crippen molar-refractivity contribution in [3.63, 3.8) is 0 Å². The second-order valence-electron chi connectivity index (χ2n) is 5.24. The zero-order chi connectivity index (χ0) is 18.8. The Morgan fingerprint density at radius 2 is 1.85 bits per heavy atom. The van der Waals surface area contributed by atoms with E-state index in [-0.39, 0.29) is 16.1 Å². The summed E-state index contributed by atoms with van der Waals surface area (Å²) in [7, 11) is 0. The summed E-state index contributed by atoms with van der Waals surface area (Å²) in [5.74, 6) is -2.27. The number of hydrogen-bond acceptors (Lipinski definition) is 3. The minimum Gasteiger partial charge on any atom is -0.478 e. The normalized spacial score (nSPS) is 10.6. The van der Waals surface area contributed by atoms with Crippen molar-refractivity contribution in [1.29, 1.82) is 0 Å². The van der Waals surface area contributed by atoms with Gasteiger partial charge in [-0.2, -0.15) is 0 Å². The third-order valence-electron chi connectivity index (χ3n) is 3.56. The highest BCUT2D eigenvalue weighted by Gasteiger charge is 2.22. The summed E-state index contributed by atoms with van der Waals surface area (Å²) in [4.78, 5) is 24.2. The zero-order valence-corrected chi connectivity index (χ0v) is 16.7. The van der Waals surface area contributed by atoms with Gasteiger partial charge in [-0.15, -0.1) is 11.3 Å². The number of anilines is 1. The Balaban J connectivity index is 1.98. The first-order valence-corrected chi connectivity index (χ1v) is 9.57. The number of hydrogen-bond donors (Lipinski definition) is 2. The van der Waals surface area contributed by atoms with Gasteiger partial charge in [-0.3, -0.25) is 4.79 Å². The van der Waals surface area contributed by atoms with Crippen LogP contribution in [0.1, 0.15) is 20.7 Å². The fourth-order valence-electron chi connectivity index (χ4n) is 2.35. The molecule has 0 unspecified atom stereocenters. The van der Waals surface area contributed by atoms with Crippen LogP contribution in [0.3, 0.4) is 0 Å². The minimum atomic E-state index is -1.17. The summed E-state index contributed by atoms with van der Waals surface area (Å²) >= 11 is 8.89. The van der Waals surface area contributed by atoms with Crippen LogP contribution < -0.4 is 5.32 Å². The topological polar surface area (TPSA) is 66.4 Å². The summed E-state index contributed by atoms with van der Waals surface area (Å²) in [6.45, 7) is 0. The van der Waals surface area contributed by atoms with Crippen LogP contribution in [0.5, 0.6) is 0 Å². The van der Waals surface area contributed by atoms with Crippen LogP contribution in [0.2, 0.25) is 5.02 Å². The van der Waals surface area contributed by atoms with Gasteiger partial charge in [-0.1, -0.05) is 23.7 Å². The number of carbonyl (C=O) groups excluding carboxylic acids is 1. The summed E-state index contributed by atoms with van der Waals surface area (Å²) in [5.41, 5.74) is 1.27. The molecule has 8 heteroatoms. The molecule has 1 amide bonds. The molecular weight excluding hydrogens is 492 g/mol. The average molecular weight is 502 g/mol. The fourth-order valence-corrected chi connectivity index (χ4v) is 4.01. The van der Waals surface area contributed by atoms with Crippen molar-refractivity contribution in [1.82, 2.24) is 0 Å². The van der Waals surface area contributed by atoms with Gasteiger partial charge in [0.2, 0.25) is 0 Å². The van der Waals surface area contributed by atoms with Gasteiger partial charge in [0.25, 0.3) is 5.91 Å². The molecule has 132 valence electrons. The Morgan fingerprint density at radius 3 is 2.50 bits per heavy atom. The van der Waals surface area contributed by atoms with E-state index in [4.69, 9.17) is 11.6 Å². The van der Waals surface area contributed by atoms with E-state index < -0.39 is 17.7 Å². The number of thiophene rings is 1. The molecule has 0 aliphatic heterocycles. The molecular formula is C18H10ClFINO3S. The van der Waals surface area contributed by atoms with Crippen molar-refractivity contribution in [2.75, 3.05) is 5.32 Å². The maximum Gasteiger partial charge on any atom is 0.339 e. The second-order valence-corrected chi connectivity index (χ2v) is 7.72. The average Bonchev–Trinajstić information content (AvgIpc) is 3.01. The van der Waals surface area contributed by atoms with E-state index in [1.54, 1.807) is 29.6 Å². The molecule has 0 fully saturated rings. The summed E-state index contributed by atoms with van der Waals surface area (Å²) in [6, 6.07) is 10.6. The van der Waals surface area contributed by atoms with Gasteiger partial charge in [0.15, 0.2) is 0 Å². The molecule has 0 spiro atoms. The monoisotopic (exact) mass is 501 g/mol. The molecule has 3 aromatic rings. The lowest BCUT2D eigenvalue weighted by Crippen LogP contribution is -2.15. The van der Waals surface area contributed by atoms with E-state index >= 15 is 0 Å². The largest absolute Gasteiger partial charge is 0.478 e. The lowest BCUT2D eigenvalue weighted by atomic mass is 10.0. The van der Waals surface area contributed by atoms with Crippen LogP contribution >= 0.6 is 45.5 Å². The van der Waals surface area contributed by atoms with Crippen molar-refractivity contribution < 1.29 is 19.1 Å². The maximum absolute atomic E-state index is 13.4. The molecule has 0 aliphatic carbocycles. The Labute approximate surface area is 170 Å². The Hall–Kier alpha value is -1.97. The third kappa shape index (κ3) is 3.89. The number of amides is 1. The number of carboxylic acids is 1. The molecule has 1 heterocycles. The summed E-state index contributed by atoms with van der Waals surface area (Å²) in [6.07, 6.45) is 0. The molecule has 2 N–H and O–H groups in total. The van der Waals surface area contributed by atoms with Crippen LogP contribution in [0.15, 0.2) is 47.8 Å². The first-order valence-electron chi connectivity index (χ1n) is 7.24. The first-order chi connectivity index (χ1) is 12.4. The maximum atomic E-state index is 13.4. The molecule has 0 saturated carbocycles. The number of nitrogens with one attached hydrogen (secondary N) is 1. The van der Waals surface area contributed by atoms with Crippen molar-refractivity contribution in [3.8, 4) is 11.1 Å². The number of rotatable bonds is 4. The molecule has 0 saturated heterocycles. The predicted molar refractivity (Wildman–Crippen MR) is 109 cm³/mol. The lowest BCUT2D eigenvalue weighted by molar-refractivity contribution is 0.0699. The van der Waals surface area contributed by atoms with E-state index in [1.165, 1.54) is 12.1 Å². The lowest BCUT2D eigenvalue weighted by Gasteiger charge is -2.08. The number of carboxylic acid groups (broad SMARTS) is 1. The van der Waals surface area contributed by atoms with Gasteiger partial charge in [-0.05, 0) is 58.5 Å². The summed E-state index contributed by atoms with van der Waals surface area (Å²) < 4.78 is 14.0. The molecule has 4 nitrogen and oxygen atoms in total. The molecule has 3 rings (SSSR count). The number of aromatic carboxylic acids is 1. The highest BCUT2D eigenvalue weighted by molar-refractivity contribution is 14.1. The van der Waals surface area contributed by atoms with E-state index in [2.05, 4.69) is 5.32 Å².